The van der Waals surface area contributed by atoms with E-state index in [1.165, 1.54) is 32.1 Å². The predicted molar refractivity (Wildman–Crippen MR) is 73.7 cm³/mol. The average Bonchev–Trinajstić information content (AvgIpc) is 2.40. The maximum atomic E-state index is 11.8. The van der Waals surface area contributed by atoms with Crippen LogP contribution in [0.4, 0.5) is 0 Å². The van der Waals surface area contributed by atoms with Crippen LogP contribution >= 0.6 is 0 Å². The summed E-state index contributed by atoms with van der Waals surface area (Å²) in [5.74, 6) is 0.405. The molecule has 1 saturated carbocycles. The summed E-state index contributed by atoms with van der Waals surface area (Å²) >= 11 is 0. The van der Waals surface area contributed by atoms with Crippen LogP contribution in [-0.2, 0) is 0 Å². The zero-order valence-electron chi connectivity index (χ0n) is 10.9. The van der Waals surface area contributed by atoms with Gasteiger partial charge in [0.25, 0.3) is 5.91 Å². The van der Waals surface area contributed by atoms with Crippen LogP contribution in [0.1, 0.15) is 48.0 Å². The Morgan fingerprint density at radius 1 is 1.33 bits per heavy atom. The molecule has 1 aliphatic rings. The van der Waals surface area contributed by atoms with Gasteiger partial charge in [-0.25, -0.2) is 5.43 Å². The Labute approximate surface area is 108 Å². The predicted octanol–water partition coefficient (Wildman–Crippen LogP) is 3.29. The number of benzene rings is 1. The maximum Gasteiger partial charge on any atom is 0.271 e. The average molecular weight is 244 g/mol. The SMILES string of the molecule is Cc1cccc(C(=O)N/N=C/C2CCCCC2)c1. The largest absolute Gasteiger partial charge is 0.271 e. The molecule has 1 aliphatic carbocycles. The Hall–Kier alpha value is -1.64. The molecular formula is C15H20N2O. The molecule has 96 valence electrons. The summed E-state index contributed by atoms with van der Waals surface area (Å²) in [6, 6.07) is 7.53. The number of hydrogen-bond donors (Lipinski definition) is 1. The Balaban J connectivity index is 1.86. The van der Waals surface area contributed by atoms with Crippen molar-refractivity contribution < 1.29 is 4.79 Å². The second-order valence-corrected chi connectivity index (χ2v) is 4.99. The van der Waals surface area contributed by atoms with E-state index in [9.17, 15) is 4.79 Å². The maximum absolute atomic E-state index is 11.8. The van der Waals surface area contributed by atoms with E-state index in [0.29, 0.717) is 11.5 Å². The van der Waals surface area contributed by atoms with Crippen molar-refractivity contribution in [3.05, 3.63) is 35.4 Å². The molecule has 0 aliphatic heterocycles. The number of aryl methyl sites for hydroxylation is 1. The second-order valence-electron chi connectivity index (χ2n) is 4.99. The second kappa shape index (κ2) is 6.34. The number of hydrazone groups is 1. The summed E-state index contributed by atoms with van der Waals surface area (Å²) in [6.07, 6.45) is 8.19. The van der Waals surface area contributed by atoms with Gasteiger partial charge in [-0.05, 0) is 37.8 Å². The summed E-state index contributed by atoms with van der Waals surface area (Å²) in [6.45, 7) is 1.97. The lowest BCUT2D eigenvalue weighted by atomic mass is 9.90. The highest BCUT2D eigenvalue weighted by molar-refractivity contribution is 5.94. The molecule has 0 spiro atoms. The smallest absolute Gasteiger partial charge is 0.267 e. The van der Waals surface area contributed by atoms with Gasteiger partial charge in [0.2, 0.25) is 0 Å². The van der Waals surface area contributed by atoms with Crippen LogP contribution in [0, 0.1) is 12.8 Å². The summed E-state index contributed by atoms with van der Waals surface area (Å²) < 4.78 is 0. The van der Waals surface area contributed by atoms with Gasteiger partial charge in [-0.15, -0.1) is 0 Å². The van der Waals surface area contributed by atoms with Crippen molar-refractivity contribution in [3.8, 4) is 0 Å². The number of hydrogen-bond acceptors (Lipinski definition) is 2. The first-order chi connectivity index (χ1) is 8.75. The van der Waals surface area contributed by atoms with E-state index in [0.717, 1.165) is 5.56 Å². The van der Waals surface area contributed by atoms with E-state index < -0.39 is 0 Å². The van der Waals surface area contributed by atoms with Crippen molar-refractivity contribution in [2.24, 2.45) is 11.0 Å². The molecular weight excluding hydrogens is 224 g/mol. The van der Waals surface area contributed by atoms with E-state index in [-0.39, 0.29) is 5.91 Å². The molecule has 0 aromatic heterocycles. The van der Waals surface area contributed by atoms with Gasteiger partial charge < -0.3 is 0 Å². The van der Waals surface area contributed by atoms with E-state index in [1.54, 1.807) is 6.07 Å². The monoisotopic (exact) mass is 244 g/mol. The van der Waals surface area contributed by atoms with Crippen LogP contribution < -0.4 is 5.43 Å². The van der Waals surface area contributed by atoms with Gasteiger partial charge >= 0.3 is 0 Å². The minimum absolute atomic E-state index is 0.134. The molecule has 2 rings (SSSR count). The van der Waals surface area contributed by atoms with Crippen LogP contribution in [0.5, 0.6) is 0 Å². The van der Waals surface area contributed by atoms with E-state index in [1.807, 2.05) is 31.3 Å². The van der Waals surface area contributed by atoms with Gasteiger partial charge in [-0.3, -0.25) is 4.79 Å². The van der Waals surface area contributed by atoms with Crippen molar-refractivity contribution in [1.29, 1.82) is 0 Å². The highest BCUT2D eigenvalue weighted by Crippen LogP contribution is 2.21. The van der Waals surface area contributed by atoms with E-state index >= 15 is 0 Å². The molecule has 1 amide bonds. The lowest BCUT2D eigenvalue weighted by molar-refractivity contribution is 0.0955. The van der Waals surface area contributed by atoms with Crippen LogP contribution in [0.2, 0.25) is 0 Å². The number of nitrogens with zero attached hydrogens (tertiary/aromatic N) is 1. The molecule has 0 unspecified atom stereocenters. The summed E-state index contributed by atoms with van der Waals surface area (Å²) in [7, 11) is 0. The summed E-state index contributed by atoms with van der Waals surface area (Å²) in [5, 5.41) is 4.08. The minimum Gasteiger partial charge on any atom is -0.267 e. The Bertz CT molecular complexity index is 434. The van der Waals surface area contributed by atoms with Crippen LogP contribution in [0.25, 0.3) is 0 Å². The number of amides is 1. The molecule has 0 atom stereocenters. The van der Waals surface area contributed by atoms with Crippen LogP contribution in [-0.4, -0.2) is 12.1 Å². The van der Waals surface area contributed by atoms with Gasteiger partial charge in [0.1, 0.15) is 0 Å². The third-order valence-electron chi connectivity index (χ3n) is 3.38. The lowest BCUT2D eigenvalue weighted by Gasteiger charge is -2.16. The molecule has 18 heavy (non-hydrogen) atoms. The Kier molecular flexibility index (Phi) is 4.51. The van der Waals surface area contributed by atoms with Gasteiger partial charge in [0.15, 0.2) is 0 Å². The third kappa shape index (κ3) is 3.69. The number of rotatable bonds is 3. The van der Waals surface area contributed by atoms with Gasteiger partial charge in [0.05, 0.1) is 0 Å². The van der Waals surface area contributed by atoms with Crippen molar-refractivity contribution in [1.82, 2.24) is 5.43 Å². The first-order valence-electron chi connectivity index (χ1n) is 6.66. The topological polar surface area (TPSA) is 41.5 Å². The first kappa shape index (κ1) is 12.8. The molecule has 0 heterocycles. The number of nitrogens with one attached hydrogen (secondary N) is 1. The highest BCUT2D eigenvalue weighted by Gasteiger charge is 2.11. The molecule has 0 radical (unpaired) electrons. The molecule has 1 aromatic rings. The van der Waals surface area contributed by atoms with E-state index in [4.69, 9.17) is 0 Å². The summed E-state index contributed by atoms with van der Waals surface area (Å²) in [5.41, 5.74) is 4.35. The molecule has 1 N–H and O–H groups in total. The number of carbonyl (C=O) groups excluding carboxylic acids is 1. The quantitative estimate of drug-likeness (QED) is 0.643. The van der Waals surface area contributed by atoms with E-state index in [2.05, 4.69) is 10.5 Å². The molecule has 1 aromatic carbocycles. The van der Waals surface area contributed by atoms with Gasteiger partial charge in [0, 0.05) is 11.8 Å². The normalized spacial score (nSPS) is 16.9. The third-order valence-corrected chi connectivity index (χ3v) is 3.38. The standard InChI is InChI=1S/C15H20N2O/c1-12-6-5-9-14(10-12)15(18)17-16-11-13-7-3-2-4-8-13/h5-6,9-11,13H,2-4,7-8H2,1H3,(H,17,18)/b16-11+. The van der Waals surface area contributed by atoms with Crippen LogP contribution in [0.3, 0.4) is 0 Å². The summed E-state index contributed by atoms with van der Waals surface area (Å²) in [4.78, 5) is 11.8. The lowest BCUT2D eigenvalue weighted by Crippen LogP contribution is -2.19. The van der Waals surface area contributed by atoms with Crippen molar-refractivity contribution in [2.45, 2.75) is 39.0 Å². The fraction of sp³-hybridized carbons (Fsp3) is 0.467. The zero-order valence-corrected chi connectivity index (χ0v) is 10.9. The highest BCUT2D eigenvalue weighted by atomic mass is 16.2. The molecule has 3 nitrogen and oxygen atoms in total. The van der Waals surface area contributed by atoms with Crippen molar-refractivity contribution in [3.63, 3.8) is 0 Å². The fourth-order valence-electron chi connectivity index (χ4n) is 2.34. The minimum atomic E-state index is -0.134. The Morgan fingerprint density at radius 3 is 2.83 bits per heavy atom. The molecule has 0 saturated heterocycles. The molecule has 1 fully saturated rings. The van der Waals surface area contributed by atoms with Gasteiger partial charge in [-0.2, -0.15) is 5.10 Å². The first-order valence-corrected chi connectivity index (χ1v) is 6.66. The number of carbonyl (C=O) groups is 1. The fourth-order valence-corrected chi connectivity index (χ4v) is 2.34. The van der Waals surface area contributed by atoms with Crippen molar-refractivity contribution in [2.75, 3.05) is 0 Å². The van der Waals surface area contributed by atoms with Gasteiger partial charge in [-0.1, -0.05) is 37.0 Å². The molecule has 0 bridgehead atoms. The molecule has 3 heteroatoms. The Morgan fingerprint density at radius 2 is 2.11 bits per heavy atom. The van der Waals surface area contributed by atoms with Crippen LogP contribution in [0.15, 0.2) is 29.4 Å². The zero-order chi connectivity index (χ0) is 12.8. The van der Waals surface area contributed by atoms with Crippen molar-refractivity contribution >= 4 is 12.1 Å².